The van der Waals surface area contributed by atoms with Crippen LogP contribution in [-0.4, -0.2) is 75.5 Å². The molecule has 3 fully saturated rings. The smallest absolute Gasteiger partial charge is 0.382 e. The minimum absolute atomic E-state index is 0.0264. The van der Waals surface area contributed by atoms with Crippen LogP contribution in [0.2, 0.25) is 0 Å². The number of imidazole rings is 3. The number of nitrogen functional groups attached to an aromatic ring is 1. The molecular weight excluding hydrogens is 666 g/mol. The number of rotatable bonds is 2. The first kappa shape index (κ1) is 29.8. The van der Waals surface area contributed by atoms with E-state index in [1.54, 1.807) is 34.0 Å². The number of ether oxygens (including phenoxy) is 1. The number of nitrogens with two attached hydrogens (primary N) is 1. The molecule has 7 heterocycles. The highest BCUT2D eigenvalue weighted by Crippen LogP contribution is 2.61. The van der Waals surface area contributed by atoms with Crippen molar-refractivity contribution in [2.24, 2.45) is 17.8 Å². The highest BCUT2D eigenvalue weighted by atomic mass is 32.7. The Kier molecular flexibility index (Phi) is 7.27. The number of thiol groups is 2. The van der Waals surface area contributed by atoms with Gasteiger partial charge < -0.3 is 24.1 Å². The fourth-order valence-corrected chi connectivity index (χ4v) is 9.21. The van der Waals surface area contributed by atoms with Gasteiger partial charge in [0.25, 0.3) is 0 Å². The summed E-state index contributed by atoms with van der Waals surface area (Å²) in [4.78, 5) is 26.1. The van der Waals surface area contributed by atoms with Crippen LogP contribution in [0.25, 0.3) is 28.0 Å². The van der Waals surface area contributed by atoms with Crippen molar-refractivity contribution in [3.05, 3.63) is 37.7 Å². The Hall–Kier alpha value is -2.60. The van der Waals surface area contributed by atoms with Crippen LogP contribution in [-0.2, 0) is 32.0 Å². The Balaban J connectivity index is 1.05. The van der Waals surface area contributed by atoms with Crippen LogP contribution >= 0.6 is 38.1 Å². The number of nitrogens with zero attached hydrogens (tertiary/aromatic N) is 9. The molecule has 5 aromatic heterocycles. The van der Waals surface area contributed by atoms with E-state index in [9.17, 15) is 9.13 Å². The molecule has 238 valence electrons. The van der Waals surface area contributed by atoms with Crippen LogP contribution in [0.4, 0.5) is 5.82 Å². The second-order valence-corrected chi connectivity index (χ2v) is 17.2. The summed E-state index contributed by atoms with van der Waals surface area (Å²) < 4.78 is 62.2. The number of anilines is 1. The maximum absolute atomic E-state index is 13.6. The molecule has 0 bridgehead atoms. The highest BCUT2D eigenvalue weighted by molar-refractivity contribution is 8.44. The van der Waals surface area contributed by atoms with Crippen molar-refractivity contribution in [3.8, 4) is 0 Å². The molecule has 2 aliphatic heterocycles. The summed E-state index contributed by atoms with van der Waals surface area (Å²) in [7, 11) is 0. The lowest BCUT2D eigenvalue weighted by Crippen LogP contribution is -2.43. The molecule has 8 rings (SSSR count). The van der Waals surface area contributed by atoms with Crippen LogP contribution in [0.15, 0.2) is 37.7 Å². The van der Waals surface area contributed by atoms with Crippen molar-refractivity contribution in [3.63, 3.8) is 0 Å². The van der Waals surface area contributed by atoms with Crippen LogP contribution in [0.5, 0.6) is 0 Å². The van der Waals surface area contributed by atoms with Gasteiger partial charge in [-0.2, -0.15) is 0 Å². The third kappa shape index (κ3) is 5.18. The summed E-state index contributed by atoms with van der Waals surface area (Å²) >= 11 is 8.57. The molecule has 45 heavy (non-hydrogen) atoms. The predicted octanol–water partition coefficient (Wildman–Crippen LogP) is 3.74. The molecule has 17 nitrogen and oxygen atoms in total. The zero-order chi connectivity index (χ0) is 31.1. The van der Waals surface area contributed by atoms with Crippen LogP contribution < -0.4 is 5.73 Å². The molecule has 2 saturated heterocycles. The summed E-state index contributed by atoms with van der Waals surface area (Å²) in [6, 6.07) is -0.126. The number of hydrogen-bond donors (Lipinski definition) is 3. The molecule has 2 unspecified atom stereocenters. The van der Waals surface area contributed by atoms with E-state index in [1.165, 1.54) is 12.7 Å². The van der Waals surface area contributed by atoms with E-state index >= 15 is 0 Å². The maximum atomic E-state index is 13.6. The summed E-state index contributed by atoms with van der Waals surface area (Å²) in [5, 5.41) is 0. The first-order valence-electron chi connectivity index (χ1n) is 14.1. The monoisotopic (exact) mass is 694 g/mol. The summed E-state index contributed by atoms with van der Waals surface area (Å²) in [5.41, 5.74) is 8.82. The van der Waals surface area contributed by atoms with Gasteiger partial charge in [-0.05, 0) is 12.3 Å². The van der Waals surface area contributed by atoms with Gasteiger partial charge in [0.2, 0.25) is 0 Å². The van der Waals surface area contributed by atoms with Gasteiger partial charge in [0.05, 0.1) is 32.5 Å². The third-order valence-corrected chi connectivity index (χ3v) is 12.1. The normalized spacial score (nSPS) is 36.2. The number of aromatic nitrogens is 9. The lowest BCUT2D eigenvalue weighted by Gasteiger charge is -2.45. The standard InChI is InChI=1S/C24H28N10O7P2S2/c1-12-19-16(40-24(12)34-11-29-17-20(25)27-8-28-22(17)34)7-39-42(35,44)38-6-14-13(5-37-43(36,45)41-19)4-15(14)33-10-30-18-21-26-2-3-32(21)9-31-23(18)33/h2-3,8-16,19,24H,4-7H2,1H3,(H,35,44)(H,36,45)(H2,25,27,28)/t12-,13-,14-,15-,16-,19+,24-,42?,43?/m1/s1. The molecule has 3 aliphatic rings. The Morgan fingerprint density at radius 2 is 1.62 bits per heavy atom. The molecular formula is C24H28N10O7P2S2. The topological polar surface area (TPSA) is 198 Å². The van der Waals surface area contributed by atoms with Crippen LogP contribution in [0.3, 0.4) is 0 Å². The lowest BCUT2D eigenvalue weighted by molar-refractivity contribution is -0.0389. The molecule has 0 aromatic carbocycles. The zero-order valence-electron chi connectivity index (χ0n) is 23.6. The van der Waals surface area contributed by atoms with Gasteiger partial charge in [-0.3, -0.25) is 18.0 Å². The van der Waals surface area contributed by atoms with E-state index in [0.29, 0.717) is 34.4 Å². The fraction of sp³-hybridized carbons (Fsp3) is 0.500. The fourth-order valence-electron chi connectivity index (χ4n) is 6.44. The van der Waals surface area contributed by atoms with Gasteiger partial charge in [-0.15, -0.1) is 0 Å². The highest BCUT2D eigenvalue weighted by Gasteiger charge is 2.50. The van der Waals surface area contributed by atoms with Crippen molar-refractivity contribution in [1.29, 1.82) is 0 Å². The third-order valence-electron chi connectivity index (χ3n) is 8.80. The van der Waals surface area contributed by atoms with E-state index < -0.39 is 37.9 Å². The van der Waals surface area contributed by atoms with E-state index in [1.807, 2.05) is 11.5 Å². The van der Waals surface area contributed by atoms with Crippen molar-refractivity contribution >= 4 is 71.9 Å². The Morgan fingerprint density at radius 3 is 2.49 bits per heavy atom. The molecule has 2 N–H and O–H groups in total. The summed E-state index contributed by atoms with van der Waals surface area (Å²) in [6.45, 7) is -6.07. The predicted molar refractivity (Wildman–Crippen MR) is 166 cm³/mol. The first-order chi connectivity index (χ1) is 21.6. The molecule has 0 spiro atoms. The van der Waals surface area contributed by atoms with E-state index in [4.69, 9.17) is 28.6 Å². The Bertz CT molecular complexity index is 2020. The molecule has 0 amide bonds. The van der Waals surface area contributed by atoms with E-state index in [2.05, 4.69) is 54.4 Å². The maximum Gasteiger partial charge on any atom is 0.386 e. The average molecular weight is 695 g/mol. The Morgan fingerprint density at radius 1 is 0.867 bits per heavy atom. The largest absolute Gasteiger partial charge is 0.386 e. The number of hydrogen-bond acceptors (Lipinski definition) is 14. The molecule has 1 saturated carbocycles. The van der Waals surface area contributed by atoms with Gasteiger partial charge in [0.1, 0.15) is 36.6 Å². The SMILES string of the molecule is C[C@@H]1[C@@H]2OP(=O)(S)OC[C@H]3C[C@@H](n4cnc5c4ncn4ccnc54)[C@@H]3COP(=O)(S)OC[C@H]2O[C@H]1n1cnc2c(N)ncnc21. The van der Waals surface area contributed by atoms with Crippen molar-refractivity contribution in [2.45, 2.75) is 37.8 Å². The van der Waals surface area contributed by atoms with Gasteiger partial charge in [-0.1, -0.05) is 31.4 Å². The molecule has 5 aromatic rings. The molecule has 21 heteroatoms. The van der Waals surface area contributed by atoms with Crippen molar-refractivity contribution in [2.75, 3.05) is 25.6 Å². The second kappa shape index (κ2) is 11.0. The van der Waals surface area contributed by atoms with Gasteiger partial charge in [0.15, 0.2) is 28.3 Å². The van der Waals surface area contributed by atoms with E-state index in [-0.39, 0.29) is 43.5 Å². The molecule has 0 radical (unpaired) electrons. The summed E-state index contributed by atoms with van der Waals surface area (Å²) in [6.07, 6.45) is 7.99. The quantitative estimate of drug-likeness (QED) is 0.178. The van der Waals surface area contributed by atoms with Gasteiger partial charge in [-0.25, -0.2) is 39.0 Å². The lowest BCUT2D eigenvalue weighted by atomic mass is 9.70. The zero-order valence-corrected chi connectivity index (χ0v) is 27.2. The summed E-state index contributed by atoms with van der Waals surface area (Å²) in [5.74, 6) is -0.561. The van der Waals surface area contributed by atoms with E-state index in [0.717, 1.165) is 0 Å². The minimum Gasteiger partial charge on any atom is -0.382 e. The average Bonchev–Trinajstić information content (AvgIpc) is 3.77. The first-order valence-corrected chi connectivity index (χ1v) is 19.5. The van der Waals surface area contributed by atoms with Crippen LogP contribution in [0, 0.1) is 17.8 Å². The number of fused-ring (bicyclic) bond motifs is 6. The van der Waals surface area contributed by atoms with Crippen molar-refractivity contribution in [1.82, 2.24) is 43.4 Å². The molecule has 1 aliphatic carbocycles. The molecule has 9 atom stereocenters. The Labute approximate surface area is 265 Å². The van der Waals surface area contributed by atoms with Gasteiger partial charge >= 0.3 is 13.6 Å². The van der Waals surface area contributed by atoms with Gasteiger partial charge in [0, 0.05) is 30.3 Å². The van der Waals surface area contributed by atoms with Crippen LogP contribution in [0.1, 0.15) is 25.6 Å². The second-order valence-electron chi connectivity index (χ2n) is 11.4. The minimum atomic E-state index is -3.90. The van der Waals surface area contributed by atoms with Crippen molar-refractivity contribution < 1.29 is 32.0 Å².